The lowest BCUT2D eigenvalue weighted by molar-refractivity contribution is 0.150. The molecule has 1 aromatic carbocycles. The second-order valence-electron chi connectivity index (χ2n) is 5.31. The van der Waals surface area contributed by atoms with Gasteiger partial charge in [0.2, 0.25) is 0 Å². The summed E-state index contributed by atoms with van der Waals surface area (Å²) in [5.74, 6) is 0. The first-order valence-corrected chi connectivity index (χ1v) is 6.75. The summed E-state index contributed by atoms with van der Waals surface area (Å²) < 4.78 is 0. The van der Waals surface area contributed by atoms with Gasteiger partial charge in [-0.15, -0.1) is 0 Å². The SMILES string of the molecule is CN(CC(N)CCc1ccccc1)C1CCC1. The van der Waals surface area contributed by atoms with Crippen molar-refractivity contribution >= 4 is 0 Å². The van der Waals surface area contributed by atoms with E-state index in [0.29, 0.717) is 6.04 Å². The summed E-state index contributed by atoms with van der Waals surface area (Å²) in [5.41, 5.74) is 7.59. The summed E-state index contributed by atoms with van der Waals surface area (Å²) in [6.07, 6.45) is 6.31. The zero-order valence-electron chi connectivity index (χ0n) is 10.8. The maximum absolute atomic E-state index is 6.20. The van der Waals surface area contributed by atoms with Gasteiger partial charge in [0.15, 0.2) is 0 Å². The van der Waals surface area contributed by atoms with E-state index in [1.165, 1.54) is 24.8 Å². The highest BCUT2D eigenvalue weighted by Crippen LogP contribution is 2.23. The molecule has 2 heteroatoms. The fourth-order valence-corrected chi connectivity index (χ4v) is 2.43. The Kier molecular flexibility index (Phi) is 4.57. The molecule has 0 radical (unpaired) electrons. The topological polar surface area (TPSA) is 29.3 Å². The molecule has 1 atom stereocenters. The van der Waals surface area contributed by atoms with Crippen molar-refractivity contribution in [2.24, 2.45) is 5.73 Å². The van der Waals surface area contributed by atoms with Gasteiger partial charge in [-0.05, 0) is 38.3 Å². The first-order chi connectivity index (χ1) is 8.25. The van der Waals surface area contributed by atoms with Gasteiger partial charge in [0.05, 0.1) is 0 Å². The molecular weight excluding hydrogens is 208 g/mol. The molecule has 2 nitrogen and oxygen atoms in total. The highest BCUT2D eigenvalue weighted by Gasteiger charge is 2.22. The Morgan fingerprint density at radius 1 is 1.29 bits per heavy atom. The standard InChI is InChI=1S/C15H24N2/c1-17(15-8-5-9-15)12-14(16)11-10-13-6-3-2-4-7-13/h2-4,6-7,14-15H,5,8-12,16H2,1H3. The second-order valence-corrected chi connectivity index (χ2v) is 5.31. The Hall–Kier alpha value is -0.860. The van der Waals surface area contributed by atoms with Crippen molar-refractivity contribution in [3.8, 4) is 0 Å². The van der Waals surface area contributed by atoms with Crippen molar-refractivity contribution in [1.29, 1.82) is 0 Å². The molecule has 2 N–H and O–H groups in total. The molecule has 0 saturated heterocycles. The Labute approximate surface area is 105 Å². The lowest BCUT2D eigenvalue weighted by atomic mass is 9.91. The number of nitrogens with two attached hydrogens (primary N) is 1. The Bertz CT molecular complexity index is 319. The molecule has 0 amide bonds. The van der Waals surface area contributed by atoms with Crippen LogP contribution in [-0.4, -0.2) is 30.6 Å². The Morgan fingerprint density at radius 3 is 2.59 bits per heavy atom. The van der Waals surface area contributed by atoms with Crippen molar-refractivity contribution in [3.05, 3.63) is 35.9 Å². The van der Waals surface area contributed by atoms with Crippen LogP contribution in [0.1, 0.15) is 31.2 Å². The molecule has 0 aliphatic heterocycles. The van der Waals surface area contributed by atoms with Crippen molar-refractivity contribution < 1.29 is 0 Å². The molecule has 0 spiro atoms. The van der Waals surface area contributed by atoms with Gasteiger partial charge >= 0.3 is 0 Å². The minimum Gasteiger partial charge on any atom is -0.327 e. The number of rotatable bonds is 6. The van der Waals surface area contributed by atoms with Crippen molar-refractivity contribution in [3.63, 3.8) is 0 Å². The van der Waals surface area contributed by atoms with Gasteiger partial charge in [0.25, 0.3) is 0 Å². The van der Waals surface area contributed by atoms with Gasteiger partial charge in [0, 0.05) is 18.6 Å². The van der Waals surface area contributed by atoms with Gasteiger partial charge in [-0.3, -0.25) is 0 Å². The second kappa shape index (κ2) is 6.18. The van der Waals surface area contributed by atoms with Crippen LogP contribution in [0, 0.1) is 0 Å². The number of likely N-dealkylation sites (N-methyl/N-ethyl adjacent to an activating group) is 1. The number of hydrogen-bond donors (Lipinski definition) is 1. The minimum atomic E-state index is 0.306. The average Bonchev–Trinajstić information content (AvgIpc) is 2.25. The zero-order valence-corrected chi connectivity index (χ0v) is 10.8. The van der Waals surface area contributed by atoms with Gasteiger partial charge in [-0.25, -0.2) is 0 Å². The number of benzene rings is 1. The first kappa shape index (κ1) is 12.6. The monoisotopic (exact) mass is 232 g/mol. The molecule has 1 fully saturated rings. The third kappa shape index (κ3) is 3.83. The number of nitrogens with zero attached hydrogens (tertiary/aromatic N) is 1. The summed E-state index contributed by atoms with van der Waals surface area (Å²) in [4.78, 5) is 2.44. The molecular formula is C15H24N2. The van der Waals surface area contributed by atoms with Crippen molar-refractivity contribution in [2.75, 3.05) is 13.6 Å². The van der Waals surface area contributed by atoms with E-state index in [-0.39, 0.29) is 0 Å². The molecule has 1 aromatic rings. The van der Waals surface area contributed by atoms with Crippen LogP contribution in [0.15, 0.2) is 30.3 Å². The van der Waals surface area contributed by atoms with E-state index in [1.807, 2.05) is 0 Å². The maximum Gasteiger partial charge on any atom is 0.0170 e. The van der Waals surface area contributed by atoms with Crippen LogP contribution >= 0.6 is 0 Å². The number of aryl methyl sites for hydroxylation is 1. The highest BCUT2D eigenvalue weighted by molar-refractivity contribution is 5.14. The van der Waals surface area contributed by atoms with Crippen LogP contribution in [0.3, 0.4) is 0 Å². The zero-order chi connectivity index (χ0) is 12.1. The molecule has 17 heavy (non-hydrogen) atoms. The average molecular weight is 232 g/mol. The third-order valence-electron chi connectivity index (χ3n) is 3.87. The first-order valence-electron chi connectivity index (χ1n) is 6.75. The molecule has 0 bridgehead atoms. The van der Waals surface area contributed by atoms with E-state index in [2.05, 4.69) is 42.3 Å². The third-order valence-corrected chi connectivity index (χ3v) is 3.87. The minimum absolute atomic E-state index is 0.306. The van der Waals surface area contributed by atoms with Crippen LogP contribution in [0.5, 0.6) is 0 Å². The van der Waals surface area contributed by atoms with Gasteiger partial charge < -0.3 is 10.6 Å². The predicted molar refractivity (Wildman–Crippen MR) is 73.0 cm³/mol. The van der Waals surface area contributed by atoms with Crippen molar-refractivity contribution in [1.82, 2.24) is 4.90 Å². The summed E-state index contributed by atoms with van der Waals surface area (Å²) in [7, 11) is 2.21. The molecule has 1 unspecified atom stereocenters. The van der Waals surface area contributed by atoms with Crippen molar-refractivity contribution in [2.45, 2.75) is 44.2 Å². The Balaban J connectivity index is 1.68. The lowest BCUT2D eigenvalue weighted by Crippen LogP contribution is -2.44. The smallest absolute Gasteiger partial charge is 0.0170 e. The summed E-state index contributed by atoms with van der Waals surface area (Å²) in [6.45, 7) is 1.04. The predicted octanol–water partition coefficient (Wildman–Crippen LogP) is 2.43. The summed E-state index contributed by atoms with van der Waals surface area (Å²) in [6, 6.07) is 11.7. The van der Waals surface area contributed by atoms with Crippen LogP contribution < -0.4 is 5.73 Å². The van der Waals surface area contributed by atoms with Crippen LogP contribution in [0.4, 0.5) is 0 Å². The van der Waals surface area contributed by atoms with Crippen LogP contribution in [0.25, 0.3) is 0 Å². The number of hydrogen-bond acceptors (Lipinski definition) is 2. The fourth-order valence-electron chi connectivity index (χ4n) is 2.43. The highest BCUT2D eigenvalue weighted by atomic mass is 15.1. The summed E-state index contributed by atoms with van der Waals surface area (Å²) in [5, 5.41) is 0. The fraction of sp³-hybridized carbons (Fsp3) is 0.600. The molecule has 0 heterocycles. The lowest BCUT2D eigenvalue weighted by Gasteiger charge is -2.36. The molecule has 0 aromatic heterocycles. The van der Waals surface area contributed by atoms with E-state index >= 15 is 0 Å². The van der Waals surface area contributed by atoms with E-state index in [1.54, 1.807) is 0 Å². The van der Waals surface area contributed by atoms with E-state index < -0.39 is 0 Å². The van der Waals surface area contributed by atoms with Gasteiger partial charge in [-0.2, -0.15) is 0 Å². The molecule has 94 valence electrons. The van der Waals surface area contributed by atoms with E-state index in [9.17, 15) is 0 Å². The van der Waals surface area contributed by atoms with Crippen LogP contribution in [0.2, 0.25) is 0 Å². The molecule has 1 aliphatic rings. The maximum atomic E-state index is 6.20. The quantitative estimate of drug-likeness (QED) is 0.816. The Morgan fingerprint density at radius 2 is 2.00 bits per heavy atom. The van der Waals surface area contributed by atoms with Crippen LogP contribution in [-0.2, 0) is 6.42 Å². The van der Waals surface area contributed by atoms with Gasteiger partial charge in [-0.1, -0.05) is 36.8 Å². The van der Waals surface area contributed by atoms with E-state index in [4.69, 9.17) is 5.73 Å². The molecule has 2 rings (SSSR count). The molecule has 1 aliphatic carbocycles. The molecule has 1 saturated carbocycles. The largest absolute Gasteiger partial charge is 0.327 e. The summed E-state index contributed by atoms with van der Waals surface area (Å²) >= 11 is 0. The normalized spacial score (nSPS) is 18.1. The van der Waals surface area contributed by atoms with E-state index in [0.717, 1.165) is 25.4 Å². The van der Waals surface area contributed by atoms with Gasteiger partial charge in [0.1, 0.15) is 0 Å².